The highest BCUT2D eigenvalue weighted by Gasteiger charge is 2.13. The van der Waals surface area contributed by atoms with E-state index in [0.717, 1.165) is 22.6 Å². The SMILES string of the molecule is COc1ccccc1CNC(=O)c1sc(=O)[nH]c1C. The van der Waals surface area contributed by atoms with Gasteiger partial charge in [0.05, 0.1) is 7.11 Å². The summed E-state index contributed by atoms with van der Waals surface area (Å²) in [6.45, 7) is 2.06. The number of carbonyl (C=O) groups excluding carboxylic acids is 1. The molecule has 0 saturated carbocycles. The first kappa shape index (κ1) is 13.4. The Morgan fingerprint density at radius 1 is 1.42 bits per heavy atom. The van der Waals surface area contributed by atoms with Crippen molar-refractivity contribution in [3.63, 3.8) is 0 Å². The highest BCUT2D eigenvalue weighted by atomic mass is 32.1. The number of benzene rings is 1. The van der Waals surface area contributed by atoms with Crippen LogP contribution < -0.4 is 14.9 Å². The number of aromatic amines is 1. The molecule has 5 nitrogen and oxygen atoms in total. The molecule has 100 valence electrons. The van der Waals surface area contributed by atoms with Crippen LogP contribution in [0.1, 0.15) is 20.9 Å². The molecule has 2 aromatic rings. The molecule has 0 saturated heterocycles. The van der Waals surface area contributed by atoms with Gasteiger partial charge in [-0.15, -0.1) is 0 Å². The van der Waals surface area contributed by atoms with E-state index < -0.39 is 0 Å². The van der Waals surface area contributed by atoms with E-state index in [2.05, 4.69) is 10.3 Å². The molecule has 1 heterocycles. The van der Waals surface area contributed by atoms with Gasteiger partial charge >= 0.3 is 4.87 Å². The number of hydrogen-bond acceptors (Lipinski definition) is 4. The van der Waals surface area contributed by atoms with Crippen LogP contribution in [0.2, 0.25) is 0 Å². The van der Waals surface area contributed by atoms with E-state index in [1.54, 1.807) is 14.0 Å². The predicted molar refractivity (Wildman–Crippen MR) is 73.8 cm³/mol. The van der Waals surface area contributed by atoms with Crippen LogP contribution in [0.15, 0.2) is 29.1 Å². The van der Waals surface area contributed by atoms with Gasteiger partial charge in [-0.3, -0.25) is 9.59 Å². The summed E-state index contributed by atoms with van der Waals surface area (Å²) in [5.74, 6) is 0.466. The summed E-state index contributed by atoms with van der Waals surface area (Å²) in [7, 11) is 1.59. The van der Waals surface area contributed by atoms with Crippen molar-refractivity contribution < 1.29 is 9.53 Å². The lowest BCUT2D eigenvalue weighted by atomic mass is 10.2. The number of thiazole rings is 1. The third kappa shape index (κ3) is 3.03. The zero-order valence-electron chi connectivity index (χ0n) is 10.6. The van der Waals surface area contributed by atoms with E-state index in [-0.39, 0.29) is 10.8 Å². The third-order valence-electron chi connectivity index (χ3n) is 2.66. The lowest BCUT2D eigenvalue weighted by molar-refractivity contribution is 0.0954. The number of para-hydroxylation sites is 1. The van der Waals surface area contributed by atoms with Crippen LogP contribution in [0.5, 0.6) is 5.75 Å². The molecule has 0 spiro atoms. The molecule has 1 amide bonds. The lowest BCUT2D eigenvalue weighted by Gasteiger charge is -2.08. The standard InChI is InChI=1S/C13H14N2O3S/c1-8-11(19-13(17)15-8)12(16)14-7-9-5-3-4-6-10(9)18-2/h3-6H,7H2,1-2H3,(H,14,16)(H,15,17). The van der Waals surface area contributed by atoms with Gasteiger partial charge in [-0.05, 0) is 13.0 Å². The highest BCUT2D eigenvalue weighted by molar-refractivity contribution is 7.11. The van der Waals surface area contributed by atoms with Crippen LogP contribution >= 0.6 is 11.3 Å². The summed E-state index contributed by atoms with van der Waals surface area (Å²) < 4.78 is 5.21. The quantitative estimate of drug-likeness (QED) is 0.894. The molecular weight excluding hydrogens is 264 g/mol. The zero-order chi connectivity index (χ0) is 13.8. The second-order valence-electron chi connectivity index (χ2n) is 3.96. The number of ether oxygens (including phenoxy) is 1. The number of carbonyl (C=O) groups is 1. The second kappa shape index (κ2) is 5.71. The van der Waals surface area contributed by atoms with Gasteiger partial charge in [0.25, 0.3) is 5.91 Å². The number of rotatable bonds is 4. The van der Waals surface area contributed by atoms with Crippen LogP contribution in [0.3, 0.4) is 0 Å². The Balaban J connectivity index is 2.08. The first-order valence-corrected chi connectivity index (χ1v) is 6.53. The number of aryl methyl sites for hydroxylation is 1. The number of H-pyrrole nitrogens is 1. The van der Waals surface area contributed by atoms with Gasteiger partial charge in [0.2, 0.25) is 0 Å². The van der Waals surface area contributed by atoms with Crippen molar-refractivity contribution in [1.29, 1.82) is 0 Å². The van der Waals surface area contributed by atoms with Crippen molar-refractivity contribution in [2.45, 2.75) is 13.5 Å². The van der Waals surface area contributed by atoms with Gasteiger partial charge in [-0.25, -0.2) is 0 Å². The molecule has 0 aliphatic rings. The molecule has 1 aromatic carbocycles. The van der Waals surface area contributed by atoms with Crippen molar-refractivity contribution >= 4 is 17.2 Å². The molecule has 0 bridgehead atoms. The van der Waals surface area contributed by atoms with Crippen LogP contribution in [0.25, 0.3) is 0 Å². The fourth-order valence-corrected chi connectivity index (χ4v) is 2.48. The normalized spacial score (nSPS) is 10.2. The van der Waals surface area contributed by atoms with Gasteiger partial charge in [-0.1, -0.05) is 29.5 Å². The Labute approximate surface area is 114 Å². The minimum Gasteiger partial charge on any atom is -0.496 e. The molecule has 6 heteroatoms. The van der Waals surface area contributed by atoms with Gasteiger partial charge in [0.15, 0.2) is 0 Å². The smallest absolute Gasteiger partial charge is 0.305 e. The molecule has 19 heavy (non-hydrogen) atoms. The first-order valence-electron chi connectivity index (χ1n) is 5.71. The van der Waals surface area contributed by atoms with Gasteiger partial charge in [0, 0.05) is 17.8 Å². The van der Waals surface area contributed by atoms with E-state index in [4.69, 9.17) is 4.74 Å². The maximum Gasteiger partial charge on any atom is 0.305 e. The Bertz CT molecular complexity index is 645. The average Bonchev–Trinajstić information content (AvgIpc) is 2.75. The van der Waals surface area contributed by atoms with E-state index in [1.807, 2.05) is 24.3 Å². The summed E-state index contributed by atoms with van der Waals surface area (Å²) in [6.07, 6.45) is 0. The number of amides is 1. The van der Waals surface area contributed by atoms with Crippen molar-refractivity contribution in [2.24, 2.45) is 0 Å². The molecule has 0 radical (unpaired) electrons. The molecular formula is C13H14N2O3S. The zero-order valence-corrected chi connectivity index (χ0v) is 11.5. The van der Waals surface area contributed by atoms with Crippen LogP contribution in [0.4, 0.5) is 0 Å². The average molecular weight is 278 g/mol. The van der Waals surface area contributed by atoms with Gasteiger partial charge < -0.3 is 15.0 Å². The van der Waals surface area contributed by atoms with E-state index in [1.165, 1.54) is 0 Å². The number of nitrogens with one attached hydrogen (secondary N) is 2. The third-order valence-corrected chi connectivity index (χ3v) is 3.65. The Morgan fingerprint density at radius 3 is 2.79 bits per heavy atom. The summed E-state index contributed by atoms with van der Waals surface area (Å²) in [4.78, 5) is 25.9. The molecule has 0 unspecified atom stereocenters. The highest BCUT2D eigenvalue weighted by Crippen LogP contribution is 2.17. The first-order chi connectivity index (χ1) is 9.11. The second-order valence-corrected chi connectivity index (χ2v) is 4.95. The van der Waals surface area contributed by atoms with Gasteiger partial charge in [-0.2, -0.15) is 0 Å². The molecule has 2 rings (SSSR count). The topological polar surface area (TPSA) is 71.2 Å². The Hall–Kier alpha value is -2.08. The monoisotopic (exact) mass is 278 g/mol. The number of aromatic nitrogens is 1. The maximum absolute atomic E-state index is 12.0. The minimum absolute atomic E-state index is 0.222. The van der Waals surface area contributed by atoms with Gasteiger partial charge in [0.1, 0.15) is 10.6 Å². The summed E-state index contributed by atoms with van der Waals surface area (Å²) in [6, 6.07) is 7.46. The largest absolute Gasteiger partial charge is 0.496 e. The number of hydrogen-bond donors (Lipinski definition) is 2. The van der Waals surface area contributed by atoms with E-state index in [0.29, 0.717) is 17.1 Å². The lowest BCUT2D eigenvalue weighted by Crippen LogP contribution is -2.22. The molecule has 0 atom stereocenters. The predicted octanol–water partition coefficient (Wildman–Crippen LogP) is 1.68. The fourth-order valence-electron chi connectivity index (χ4n) is 1.73. The Kier molecular flexibility index (Phi) is 4.01. The maximum atomic E-state index is 12.0. The van der Waals surface area contributed by atoms with Crippen molar-refractivity contribution in [3.05, 3.63) is 50.1 Å². The number of methoxy groups -OCH3 is 1. The van der Waals surface area contributed by atoms with Crippen LogP contribution in [-0.4, -0.2) is 18.0 Å². The molecule has 1 aromatic heterocycles. The Morgan fingerprint density at radius 2 is 2.16 bits per heavy atom. The van der Waals surface area contributed by atoms with Crippen molar-refractivity contribution in [1.82, 2.24) is 10.3 Å². The summed E-state index contributed by atoms with van der Waals surface area (Å²) in [5.41, 5.74) is 1.48. The fraction of sp³-hybridized carbons (Fsp3) is 0.231. The molecule has 0 aliphatic carbocycles. The summed E-state index contributed by atoms with van der Waals surface area (Å²) >= 11 is 0.913. The van der Waals surface area contributed by atoms with Crippen molar-refractivity contribution in [3.8, 4) is 5.75 Å². The van der Waals surface area contributed by atoms with Crippen LogP contribution in [0, 0.1) is 6.92 Å². The minimum atomic E-state index is -0.258. The molecule has 2 N–H and O–H groups in total. The van der Waals surface area contributed by atoms with Crippen LogP contribution in [-0.2, 0) is 6.54 Å². The van der Waals surface area contributed by atoms with E-state index >= 15 is 0 Å². The summed E-state index contributed by atoms with van der Waals surface area (Å²) in [5, 5.41) is 2.78. The van der Waals surface area contributed by atoms with Crippen molar-refractivity contribution in [2.75, 3.05) is 7.11 Å². The van der Waals surface area contributed by atoms with E-state index in [9.17, 15) is 9.59 Å². The molecule has 0 aliphatic heterocycles. The molecule has 0 fully saturated rings.